The van der Waals surface area contributed by atoms with Crippen LogP contribution in [0.25, 0.3) is 11.8 Å². The summed E-state index contributed by atoms with van der Waals surface area (Å²) in [5.41, 5.74) is 3.36. The van der Waals surface area contributed by atoms with E-state index in [0.29, 0.717) is 10.9 Å². The molecule has 0 saturated heterocycles. The first-order valence-corrected chi connectivity index (χ1v) is 9.57. The Bertz CT molecular complexity index is 1150. The van der Waals surface area contributed by atoms with Crippen LogP contribution in [0.1, 0.15) is 23.9 Å². The third-order valence-electron chi connectivity index (χ3n) is 4.49. The number of benzene rings is 1. The van der Waals surface area contributed by atoms with Crippen LogP contribution in [-0.4, -0.2) is 31.5 Å². The number of halogens is 2. The number of aliphatic imine (C=N–C) groups is 1. The lowest BCUT2D eigenvalue weighted by atomic mass is 10.1. The van der Waals surface area contributed by atoms with Crippen molar-refractivity contribution in [3.05, 3.63) is 57.6 Å². The molecule has 0 unspecified atom stereocenters. The van der Waals surface area contributed by atoms with Gasteiger partial charge in [-0.3, -0.25) is 10.2 Å². The van der Waals surface area contributed by atoms with Crippen molar-refractivity contribution in [2.75, 3.05) is 0 Å². The zero-order valence-electron chi connectivity index (χ0n) is 15.2. The predicted octanol–water partition coefficient (Wildman–Crippen LogP) is 4.53. The van der Waals surface area contributed by atoms with Crippen molar-refractivity contribution in [1.82, 2.24) is 9.58 Å². The Morgan fingerprint density at radius 2 is 2.00 bits per heavy atom. The third kappa shape index (κ3) is 2.98. The molecule has 0 spiro atoms. The molecule has 28 heavy (non-hydrogen) atoms. The molecular weight excluding hydrogens is 401 g/mol. The molecule has 0 atom stereocenters. The molecule has 0 aliphatic carbocycles. The van der Waals surface area contributed by atoms with Gasteiger partial charge in [-0.1, -0.05) is 11.6 Å². The van der Waals surface area contributed by atoms with Crippen molar-refractivity contribution >= 4 is 51.4 Å². The number of hydrogen-bond acceptors (Lipinski definition) is 4. The highest BCUT2D eigenvalue weighted by Gasteiger charge is 2.34. The van der Waals surface area contributed by atoms with Crippen molar-refractivity contribution in [3.63, 3.8) is 0 Å². The Balaban J connectivity index is 1.78. The van der Waals surface area contributed by atoms with Crippen molar-refractivity contribution < 1.29 is 9.18 Å². The largest absolute Gasteiger partial charge is 0.318 e. The number of nitrogens with one attached hydrogen (secondary N) is 1. The van der Waals surface area contributed by atoms with E-state index in [1.54, 1.807) is 25.1 Å². The summed E-state index contributed by atoms with van der Waals surface area (Å²) in [7, 11) is 0. The molecule has 1 aromatic heterocycles. The molecule has 0 fully saturated rings. The summed E-state index contributed by atoms with van der Waals surface area (Å²) in [6.45, 7) is 5.59. The minimum Gasteiger partial charge on any atom is -0.318 e. The topological polar surface area (TPSA) is 73.8 Å². The molecule has 6 nitrogen and oxygen atoms in total. The fourth-order valence-electron chi connectivity index (χ4n) is 3.20. The number of aryl methyl sites for hydroxylation is 1. The summed E-state index contributed by atoms with van der Waals surface area (Å²) < 4.78 is 15.4. The van der Waals surface area contributed by atoms with E-state index < -0.39 is 11.7 Å². The van der Waals surface area contributed by atoms with Gasteiger partial charge >= 0.3 is 0 Å². The molecule has 3 heterocycles. The van der Waals surface area contributed by atoms with E-state index in [9.17, 15) is 9.18 Å². The molecule has 0 radical (unpaired) electrons. The first-order valence-electron chi connectivity index (χ1n) is 8.37. The normalized spacial score (nSPS) is 17.9. The minimum atomic E-state index is -0.482. The van der Waals surface area contributed by atoms with Crippen molar-refractivity contribution in [1.29, 1.82) is 5.41 Å². The Hall–Kier alpha value is -2.71. The Morgan fingerprint density at radius 1 is 1.25 bits per heavy atom. The highest BCUT2D eigenvalue weighted by molar-refractivity contribution is 8.26. The number of amidine groups is 2. The Morgan fingerprint density at radius 3 is 2.71 bits per heavy atom. The van der Waals surface area contributed by atoms with Gasteiger partial charge < -0.3 is 4.57 Å². The molecule has 9 heteroatoms. The Kier molecular flexibility index (Phi) is 4.47. The van der Waals surface area contributed by atoms with Crippen LogP contribution in [0.3, 0.4) is 0 Å². The fraction of sp³-hybridized carbons (Fsp3) is 0.158. The zero-order chi connectivity index (χ0) is 20.2. The second-order valence-corrected chi connectivity index (χ2v) is 7.97. The number of fused-ring (bicyclic) bond motifs is 1. The number of rotatable bonds is 2. The molecular formula is C19H15ClFN5OS. The van der Waals surface area contributed by atoms with Crippen molar-refractivity contribution in [2.45, 2.75) is 20.8 Å². The number of nitrogens with zero attached hydrogens (tertiary/aromatic N) is 4. The molecule has 4 rings (SSSR count). The SMILES string of the molecule is CC1=NN2C(=N)C(=Cc3cc(C)n(-c4ccc(F)c(Cl)c4)c3C)C(=O)N=C2S1. The van der Waals surface area contributed by atoms with Gasteiger partial charge in [0.1, 0.15) is 5.82 Å². The van der Waals surface area contributed by atoms with Crippen LogP contribution in [0.2, 0.25) is 5.02 Å². The number of carbonyl (C=O) groups excluding carboxylic acids is 1. The van der Waals surface area contributed by atoms with E-state index in [0.717, 1.165) is 22.0 Å². The average molecular weight is 416 g/mol. The molecule has 1 N–H and O–H groups in total. The van der Waals surface area contributed by atoms with Gasteiger partial charge in [0, 0.05) is 17.1 Å². The summed E-state index contributed by atoms with van der Waals surface area (Å²) in [6.07, 6.45) is 1.64. The molecule has 0 saturated carbocycles. The lowest BCUT2D eigenvalue weighted by molar-refractivity contribution is -0.114. The number of hydrazone groups is 1. The summed E-state index contributed by atoms with van der Waals surface area (Å²) in [5, 5.41) is 15.1. The van der Waals surface area contributed by atoms with Crippen LogP contribution in [0, 0.1) is 25.1 Å². The van der Waals surface area contributed by atoms with Crippen LogP contribution in [0.4, 0.5) is 4.39 Å². The molecule has 2 aliphatic heterocycles. The first-order chi connectivity index (χ1) is 13.3. The van der Waals surface area contributed by atoms with Gasteiger partial charge in [-0.05, 0) is 68.4 Å². The second-order valence-electron chi connectivity index (χ2n) is 6.40. The van der Waals surface area contributed by atoms with E-state index in [4.69, 9.17) is 17.0 Å². The summed E-state index contributed by atoms with van der Waals surface area (Å²) >= 11 is 7.19. The maximum absolute atomic E-state index is 13.5. The van der Waals surface area contributed by atoms with Crippen molar-refractivity contribution in [2.24, 2.45) is 10.1 Å². The monoisotopic (exact) mass is 415 g/mol. The summed E-state index contributed by atoms with van der Waals surface area (Å²) in [5.74, 6) is -0.957. The third-order valence-corrected chi connectivity index (χ3v) is 5.60. The van der Waals surface area contributed by atoms with Gasteiger partial charge in [0.15, 0.2) is 5.84 Å². The van der Waals surface area contributed by atoms with E-state index in [-0.39, 0.29) is 16.4 Å². The molecule has 1 amide bonds. The van der Waals surface area contributed by atoms with Gasteiger partial charge in [-0.25, -0.2) is 4.39 Å². The standard InChI is InChI=1S/C19H15ClFN5OS/c1-9-6-12(10(2)25(9)13-4-5-16(21)15(20)8-13)7-14-17(22)26-19(23-18(14)27)28-11(3)24-26/h4-8,22H,1-3H3. The lowest BCUT2D eigenvalue weighted by Gasteiger charge is -2.20. The predicted molar refractivity (Wildman–Crippen MR) is 111 cm³/mol. The van der Waals surface area contributed by atoms with Gasteiger partial charge in [-0.15, -0.1) is 0 Å². The van der Waals surface area contributed by atoms with Gasteiger partial charge in [0.25, 0.3) is 5.91 Å². The number of carbonyl (C=O) groups is 1. The number of aromatic nitrogens is 1. The van der Waals surface area contributed by atoms with Gasteiger partial charge in [0.05, 0.1) is 15.6 Å². The fourth-order valence-corrected chi connectivity index (χ4v) is 4.11. The second kappa shape index (κ2) is 6.72. The van der Waals surface area contributed by atoms with Crippen LogP contribution in [0.15, 0.2) is 39.9 Å². The molecule has 1 aromatic carbocycles. The maximum Gasteiger partial charge on any atom is 0.283 e. The van der Waals surface area contributed by atoms with Crippen LogP contribution in [0.5, 0.6) is 0 Å². The van der Waals surface area contributed by atoms with Gasteiger partial charge in [-0.2, -0.15) is 15.1 Å². The highest BCUT2D eigenvalue weighted by Crippen LogP contribution is 2.30. The number of amides is 1. The maximum atomic E-state index is 13.5. The van der Waals surface area contributed by atoms with E-state index in [1.807, 2.05) is 24.5 Å². The molecule has 2 aromatic rings. The summed E-state index contributed by atoms with van der Waals surface area (Å²) in [6, 6.07) is 6.40. The van der Waals surface area contributed by atoms with E-state index in [2.05, 4.69) is 10.1 Å². The highest BCUT2D eigenvalue weighted by atomic mass is 35.5. The number of thioether (sulfide) groups is 1. The van der Waals surface area contributed by atoms with Gasteiger partial charge in [0.2, 0.25) is 5.17 Å². The first kappa shape index (κ1) is 18.6. The van der Waals surface area contributed by atoms with Crippen LogP contribution >= 0.6 is 23.4 Å². The van der Waals surface area contributed by atoms with Crippen molar-refractivity contribution in [3.8, 4) is 5.69 Å². The molecule has 0 bridgehead atoms. The Labute approximate surface area is 169 Å². The quantitative estimate of drug-likeness (QED) is 0.732. The van der Waals surface area contributed by atoms with Crippen LogP contribution in [-0.2, 0) is 4.79 Å². The lowest BCUT2D eigenvalue weighted by Crippen LogP contribution is -2.35. The minimum absolute atomic E-state index is 0.00557. The smallest absolute Gasteiger partial charge is 0.283 e. The molecule has 142 valence electrons. The van der Waals surface area contributed by atoms with Crippen LogP contribution < -0.4 is 0 Å². The summed E-state index contributed by atoms with van der Waals surface area (Å²) in [4.78, 5) is 16.5. The molecule has 2 aliphatic rings. The van der Waals surface area contributed by atoms with E-state index in [1.165, 1.54) is 22.8 Å². The number of hydrogen-bond donors (Lipinski definition) is 1. The zero-order valence-corrected chi connectivity index (χ0v) is 16.8. The average Bonchev–Trinajstić information content (AvgIpc) is 3.13. The van der Waals surface area contributed by atoms with E-state index >= 15 is 0 Å².